The number of carbonyl (C=O) groups excluding carboxylic acids is 1. The fourth-order valence-corrected chi connectivity index (χ4v) is 2.51. The molecule has 2 rings (SSSR count). The van der Waals surface area contributed by atoms with Gasteiger partial charge >= 0.3 is 0 Å². The number of nitrogens with one attached hydrogen (secondary N) is 1. The second-order valence-electron chi connectivity index (χ2n) is 4.43. The highest BCUT2D eigenvalue weighted by molar-refractivity contribution is 6.21. The van der Waals surface area contributed by atoms with Crippen LogP contribution in [0.1, 0.15) is 24.8 Å². The van der Waals surface area contributed by atoms with Crippen molar-refractivity contribution in [3.63, 3.8) is 0 Å². The van der Waals surface area contributed by atoms with Gasteiger partial charge in [-0.1, -0.05) is 12.1 Å². The van der Waals surface area contributed by atoms with Gasteiger partial charge in [0.2, 0.25) is 5.91 Å². The summed E-state index contributed by atoms with van der Waals surface area (Å²) in [6.45, 7) is 0. The summed E-state index contributed by atoms with van der Waals surface area (Å²) in [5.74, 6) is -0.403. The smallest absolute Gasteiger partial charge is 0.224 e. The summed E-state index contributed by atoms with van der Waals surface area (Å²) >= 11 is 6.08. The molecule has 0 spiro atoms. The van der Waals surface area contributed by atoms with Crippen LogP contribution < -0.4 is 5.32 Å². The second kappa shape index (κ2) is 5.50. The average molecular weight is 256 g/mol. The minimum Gasteiger partial charge on any atom is -0.352 e. The summed E-state index contributed by atoms with van der Waals surface area (Å²) < 4.78 is 12.9. The maximum atomic E-state index is 12.9. The van der Waals surface area contributed by atoms with Crippen LogP contribution in [0.4, 0.5) is 4.39 Å². The molecule has 1 aliphatic rings. The Morgan fingerprint density at radius 2 is 2.29 bits per heavy atom. The monoisotopic (exact) mass is 255 g/mol. The lowest BCUT2D eigenvalue weighted by Crippen LogP contribution is -2.38. The van der Waals surface area contributed by atoms with Crippen LogP contribution in [-0.2, 0) is 11.2 Å². The van der Waals surface area contributed by atoms with Crippen molar-refractivity contribution in [2.75, 3.05) is 0 Å². The van der Waals surface area contributed by atoms with E-state index >= 15 is 0 Å². The molecule has 1 saturated carbocycles. The summed E-state index contributed by atoms with van der Waals surface area (Å²) in [4.78, 5) is 11.7. The van der Waals surface area contributed by atoms with Crippen LogP contribution in [0.3, 0.4) is 0 Å². The molecule has 1 fully saturated rings. The minimum atomic E-state index is -0.314. The van der Waals surface area contributed by atoms with Crippen molar-refractivity contribution in [3.05, 3.63) is 35.6 Å². The highest BCUT2D eigenvalue weighted by atomic mass is 35.5. The van der Waals surface area contributed by atoms with Gasteiger partial charge in [0.25, 0.3) is 0 Å². The van der Waals surface area contributed by atoms with Gasteiger partial charge in [-0.25, -0.2) is 4.39 Å². The summed E-state index contributed by atoms with van der Waals surface area (Å²) in [7, 11) is 0. The number of halogens is 2. The lowest BCUT2D eigenvalue weighted by atomic mass is 10.1. The maximum Gasteiger partial charge on any atom is 0.224 e. The first-order valence-electron chi connectivity index (χ1n) is 5.83. The molecule has 92 valence electrons. The first-order chi connectivity index (χ1) is 8.15. The summed E-state index contributed by atoms with van der Waals surface area (Å²) in [5, 5.41) is 2.94. The molecule has 4 heteroatoms. The first-order valence-corrected chi connectivity index (χ1v) is 6.26. The van der Waals surface area contributed by atoms with Gasteiger partial charge in [0.05, 0.1) is 11.8 Å². The van der Waals surface area contributed by atoms with E-state index in [0.29, 0.717) is 5.56 Å². The van der Waals surface area contributed by atoms with Gasteiger partial charge in [0, 0.05) is 6.04 Å². The van der Waals surface area contributed by atoms with E-state index in [1.54, 1.807) is 12.1 Å². The molecule has 0 aliphatic heterocycles. The van der Waals surface area contributed by atoms with E-state index in [0.717, 1.165) is 19.3 Å². The molecule has 17 heavy (non-hydrogen) atoms. The number of benzene rings is 1. The highest BCUT2D eigenvalue weighted by Gasteiger charge is 2.26. The van der Waals surface area contributed by atoms with Crippen LogP contribution in [0, 0.1) is 5.82 Å². The number of carbonyl (C=O) groups is 1. The third-order valence-corrected chi connectivity index (χ3v) is 3.55. The molecule has 0 radical (unpaired) electrons. The number of hydrogen-bond donors (Lipinski definition) is 1. The fourth-order valence-electron chi connectivity index (χ4n) is 2.17. The third kappa shape index (κ3) is 3.43. The van der Waals surface area contributed by atoms with Crippen LogP contribution in [-0.4, -0.2) is 17.3 Å². The average Bonchev–Trinajstić information content (AvgIpc) is 2.64. The Hall–Kier alpha value is -1.09. The molecule has 1 N–H and O–H groups in total. The Balaban J connectivity index is 1.89. The van der Waals surface area contributed by atoms with Crippen molar-refractivity contribution >= 4 is 17.5 Å². The zero-order valence-electron chi connectivity index (χ0n) is 9.46. The molecule has 2 nitrogen and oxygen atoms in total. The van der Waals surface area contributed by atoms with E-state index in [1.807, 2.05) is 0 Å². The summed E-state index contributed by atoms with van der Waals surface area (Å²) in [6, 6.07) is 6.17. The topological polar surface area (TPSA) is 29.1 Å². The van der Waals surface area contributed by atoms with E-state index in [9.17, 15) is 9.18 Å². The van der Waals surface area contributed by atoms with Crippen molar-refractivity contribution in [2.24, 2.45) is 0 Å². The van der Waals surface area contributed by atoms with Gasteiger partial charge in [-0.05, 0) is 37.0 Å². The van der Waals surface area contributed by atoms with Crippen molar-refractivity contribution < 1.29 is 9.18 Å². The zero-order chi connectivity index (χ0) is 12.3. The lowest BCUT2D eigenvalue weighted by Gasteiger charge is -2.15. The van der Waals surface area contributed by atoms with E-state index in [-0.39, 0.29) is 29.6 Å². The van der Waals surface area contributed by atoms with Crippen LogP contribution in [0.15, 0.2) is 24.3 Å². The molecule has 2 unspecified atom stereocenters. The molecular weight excluding hydrogens is 241 g/mol. The van der Waals surface area contributed by atoms with Gasteiger partial charge in [-0.2, -0.15) is 0 Å². The van der Waals surface area contributed by atoms with E-state index in [1.165, 1.54) is 12.1 Å². The Morgan fingerprint density at radius 1 is 1.47 bits per heavy atom. The first kappa shape index (κ1) is 12.4. The lowest BCUT2D eigenvalue weighted by molar-refractivity contribution is -0.121. The molecule has 2 atom stereocenters. The molecular formula is C13H15ClFNO. The molecule has 1 amide bonds. The Bertz CT molecular complexity index is 410. The van der Waals surface area contributed by atoms with Gasteiger partial charge < -0.3 is 5.32 Å². The molecule has 0 heterocycles. The van der Waals surface area contributed by atoms with Crippen molar-refractivity contribution in [1.82, 2.24) is 5.32 Å². The summed E-state index contributed by atoms with van der Waals surface area (Å²) in [5.41, 5.74) is 0.687. The third-order valence-electron chi connectivity index (χ3n) is 3.03. The largest absolute Gasteiger partial charge is 0.352 e. The molecule has 0 aromatic heterocycles. The van der Waals surface area contributed by atoms with E-state index in [4.69, 9.17) is 11.6 Å². The second-order valence-corrected chi connectivity index (χ2v) is 4.99. The fraction of sp³-hybridized carbons (Fsp3) is 0.462. The normalized spacial score (nSPS) is 23.6. The van der Waals surface area contributed by atoms with Crippen molar-refractivity contribution in [1.29, 1.82) is 0 Å². The summed E-state index contributed by atoms with van der Waals surface area (Å²) in [6.07, 6.45) is 3.15. The molecule has 0 bridgehead atoms. The van der Waals surface area contributed by atoms with Crippen LogP contribution in [0.5, 0.6) is 0 Å². The Morgan fingerprint density at radius 3 is 2.94 bits per heavy atom. The number of alkyl halides is 1. The number of amides is 1. The van der Waals surface area contributed by atoms with E-state index in [2.05, 4.69) is 5.32 Å². The predicted molar refractivity (Wildman–Crippen MR) is 65.5 cm³/mol. The highest BCUT2D eigenvalue weighted by Crippen LogP contribution is 2.23. The predicted octanol–water partition coefficient (Wildman–Crippen LogP) is 2.64. The quantitative estimate of drug-likeness (QED) is 0.827. The number of rotatable bonds is 3. The zero-order valence-corrected chi connectivity index (χ0v) is 10.2. The maximum absolute atomic E-state index is 12.9. The molecule has 0 saturated heterocycles. The SMILES string of the molecule is O=C(Cc1cccc(F)c1)NC1CCCC1Cl. The Kier molecular flexibility index (Phi) is 4.00. The van der Waals surface area contributed by atoms with E-state index < -0.39 is 0 Å². The van der Waals surface area contributed by atoms with Crippen LogP contribution in [0.25, 0.3) is 0 Å². The van der Waals surface area contributed by atoms with Crippen molar-refractivity contribution in [2.45, 2.75) is 37.1 Å². The van der Waals surface area contributed by atoms with Gasteiger partial charge in [0.1, 0.15) is 5.82 Å². The van der Waals surface area contributed by atoms with Crippen LogP contribution in [0.2, 0.25) is 0 Å². The van der Waals surface area contributed by atoms with Crippen molar-refractivity contribution in [3.8, 4) is 0 Å². The standard InChI is InChI=1S/C13H15ClFNO/c14-11-5-2-6-12(11)16-13(17)8-9-3-1-4-10(15)7-9/h1,3-4,7,11-12H,2,5-6,8H2,(H,16,17). The molecule has 1 aromatic carbocycles. The van der Waals surface area contributed by atoms with Gasteiger partial charge in [-0.15, -0.1) is 11.6 Å². The molecule has 1 aromatic rings. The van der Waals surface area contributed by atoms with Gasteiger partial charge in [-0.3, -0.25) is 4.79 Å². The van der Waals surface area contributed by atoms with Crippen LogP contribution >= 0.6 is 11.6 Å². The van der Waals surface area contributed by atoms with Gasteiger partial charge in [0.15, 0.2) is 0 Å². The molecule has 1 aliphatic carbocycles. The Labute approximate surface area is 105 Å². The number of hydrogen-bond acceptors (Lipinski definition) is 1. The minimum absolute atomic E-state index is 0.0338.